The molecule has 1 atom stereocenters. The zero-order valence-electron chi connectivity index (χ0n) is 21.3. The summed E-state index contributed by atoms with van der Waals surface area (Å²) in [6.07, 6.45) is 0. The first kappa shape index (κ1) is 27.7. The van der Waals surface area contributed by atoms with E-state index in [1.165, 1.54) is 13.2 Å². The fraction of sp³-hybridized carbons (Fsp3) is 0.214. The Hall–Kier alpha value is -4.86. The van der Waals surface area contributed by atoms with Crippen molar-refractivity contribution in [2.24, 2.45) is 5.92 Å². The molecule has 0 aliphatic rings. The van der Waals surface area contributed by atoms with Crippen molar-refractivity contribution in [3.8, 4) is 11.5 Å². The van der Waals surface area contributed by atoms with Crippen LogP contribution >= 0.6 is 0 Å². The van der Waals surface area contributed by atoms with Gasteiger partial charge in [-0.1, -0.05) is 44.2 Å². The molecule has 0 aliphatic carbocycles. The van der Waals surface area contributed by atoms with Gasteiger partial charge in [-0.15, -0.1) is 0 Å². The Morgan fingerprint density at radius 1 is 0.763 bits per heavy atom. The predicted molar refractivity (Wildman–Crippen MR) is 142 cm³/mol. The first-order valence-corrected chi connectivity index (χ1v) is 11.9. The molecule has 0 aromatic heterocycles. The van der Waals surface area contributed by atoms with Crippen LogP contribution in [0, 0.1) is 5.92 Å². The number of rotatable bonds is 10. The molecular weight excluding hydrogens is 488 g/mol. The number of nitrogens with one attached hydrogen (secondary N) is 4. The molecule has 10 heteroatoms. The summed E-state index contributed by atoms with van der Waals surface area (Å²) in [7, 11) is 1.53. The Kier molecular flexibility index (Phi) is 9.81. The average Bonchev–Trinajstić information content (AvgIpc) is 2.94. The molecule has 38 heavy (non-hydrogen) atoms. The molecule has 4 N–H and O–H groups in total. The number of hydrogen-bond donors (Lipinski definition) is 4. The summed E-state index contributed by atoms with van der Waals surface area (Å²) in [5, 5.41) is 5.41. The molecule has 4 amide bonds. The Bertz CT molecular complexity index is 1260. The second-order valence-electron chi connectivity index (χ2n) is 8.56. The number of carbonyl (C=O) groups is 4. The van der Waals surface area contributed by atoms with Gasteiger partial charge in [0.25, 0.3) is 23.6 Å². The van der Waals surface area contributed by atoms with E-state index in [4.69, 9.17) is 9.47 Å². The number of ether oxygens (including phenoxy) is 2. The number of benzene rings is 3. The highest BCUT2D eigenvalue weighted by Gasteiger charge is 2.26. The Balaban J connectivity index is 1.60. The van der Waals surface area contributed by atoms with Crippen molar-refractivity contribution in [1.29, 1.82) is 0 Å². The normalized spacial score (nSPS) is 11.2. The maximum Gasteiger partial charge on any atom is 0.276 e. The quantitative estimate of drug-likeness (QED) is 0.305. The fourth-order valence-electron chi connectivity index (χ4n) is 3.39. The minimum atomic E-state index is -0.969. The van der Waals surface area contributed by atoms with Crippen molar-refractivity contribution in [2.45, 2.75) is 19.9 Å². The number of para-hydroxylation sites is 2. The Morgan fingerprint density at radius 3 is 2.08 bits per heavy atom. The van der Waals surface area contributed by atoms with Crippen LogP contribution in [-0.2, 0) is 9.59 Å². The first-order valence-electron chi connectivity index (χ1n) is 11.9. The van der Waals surface area contributed by atoms with Crippen LogP contribution in [0.1, 0.15) is 34.6 Å². The van der Waals surface area contributed by atoms with E-state index in [9.17, 15) is 19.2 Å². The number of methoxy groups -OCH3 is 1. The third-order valence-corrected chi connectivity index (χ3v) is 5.45. The lowest BCUT2D eigenvalue weighted by Gasteiger charge is -2.22. The van der Waals surface area contributed by atoms with Gasteiger partial charge in [0.15, 0.2) is 6.61 Å². The van der Waals surface area contributed by atoms with Gasteiger partial charge in [-0.25, -0.2) is 0 Å². The van der Waals surface area contributed by atoms with E-state index in [1.54, 1.807) is 80.6 Å². The van der Waals surface area contributed by atoms with Gasteiger partial charge in [0.2, 0.25) is 0 Å². The van der Waals surface area contributed by atoms with Crippen molar-refractivity contribution in [1.82, 2.24) is 16.2 Å². The van der Waals surface area contributed by atoms with Gasteiger partial charge in [0.1, 0.15) is 17.5 Å². The minimum absolute atomic E-state index is 0.174. The lowest BCUT2D eigenvalue weighted by atomic mass is 10.0. The van der Waals surface area contributed by atoms with E-state index in [2.05, 4.69) is 21.5 Å². The van der Waals surface area contributed by atoms with Crippen molar-refractivity contribution >= 4 is 29.3 Å². The maximum atomic E-state index is 13.1. The van der Waals surface area contributed by atoms with E-state index in [1.807, 2.05) is 6.07 Å². The second-order valence-corrected chi connectivity index (χ2v) is 8.56. The maximum absolute atomic E-state index is 13.1. The molecule has 3 rings (SSSR count). The highest BCUT2D eigenvalue weighted by atomic mass is 16.5. The Labute approximate surface area is 220 Å². The Morgan fingerprint density at radius 2 is 1.42 bits per heavy atom. The fourth-order valence-corrected chi connectivity index (χ4v) is 3.39. The summed E-state index contributed by atoms with van der Waals surface area (Å²) in [5.41, 5.74) is 5.44. The number of hydrogen-bond acceptors (Lipinski definition) is 6. The zero-order valence-corrected chi connectivity index (χ0v) is 21.3. The lowest BCUT2D eigenvalue weighted by Crippen LogP contribution is -2.55. The van der Waals surface area contributed by atoms with Crippen LogP contribution in [0.25, 0.3) is 0 Å². The lowest BCUT2D eigenvalue weighted by molar-refractivity contribution is -0.131. The summed E-state index contributed by atoms with van der Waals surface area (Å²) in [6.45, 7) is 3.20. The summed E-state index contributed by atoms with van der Waals surface area (Å²) in [5.74, 6) is -1.34. The average molecular weight is 519 g/mol. The van der Waals surface area contributed by atoms with Crippen LogP contribution in [-0.4, -0.2) is 43.4 Å². The molecule has 0 bridgehead atoms. The van der Waals surface area contributed by atoms with E-state index in [0.717, 1.165) is 0 Å². The number of anilines is 1. The molecule has 0 aliphatic heterocycles. The van der Waals surface area contributed by atoms with Crippen LogP contribution in [0.3, 0.4) is 0 Å². The molecule has 0 saturated heterocycles. The number of hydrazine groups is 1. The summed E-state index contributed by atoms with van der Waals surface area (Å²) in [6, 6.07) is 20.8. The van der Waals surface area contributed by atoms with Crippen LogP contribution in [0.5, 0.6) is 11.5 Å². The van der Waals surface area contributed by atoms with E-state index >= 15 is 0 Å². The van der Waals surface area contributed by atoms with Crippen LogP contribution in [0.15, 0.2) is 78.9 Å². The minimum Gasteiger partial charge on any atom is -0.497 e. The second kappa shape index (κ2) is 13.4. The van der Waals surface area contributed by atoms with Crippen molar-refractivity contribution in [3.05, 3.63) is 90.0 Å². The zero-order chi connectivity index (χ0) is 27.5. The molecule has 0 fully saturated rings. The number of carbonyl (C=O) groups excluding carboxylic acids is 4. The molecular formula is C28H30N4O6. The van der Waals surface area contributed by atoms with Gasteiger partial charge < -0.3 is 20.1 Å². The SMILES string of the molecule is COc1ccc(C(=O)Nc2ccccc2C(=O)NC(C(=O)NNC(=O)COc2ccccc2)C(C)C)cc1. The molecule has 0 heterocycles. The monoisotopic (exact) mass is 518 g/mol. The molecule has 10 nitrogen and oxygen atoms in total. The molecule has 198 valence electrons. The summed E-state index contributed by atoms with van der Waals surface area (Å²) >= 11 is 0. The standard InChI is InChI=1S/C28H30N4O6/c1-18(2)25(28(36)32-31-24(33)17-38-21-9-5-4-6-10-21)30-27(35)22-11-7-8-12-23(22)29-26(34)19-13-15-20(37-3)16-14-19/h4-16,18,25H,17H2,1-3H3,(H,29,34)(H,30,35)(H,31,33)(H,32,36). The van der Waals surface area contributed by atoms with E-state index in [-0.39, 0.29) is 23.8 Å². The topological polar surface area (TPSA) is 135 Å². The van der Waals surface area contributed by atoms with Crippen molar-refractivity contribution in [2.75, 3.05) is 19.0 Å². The third-order valence-electron chi connectivity index (χ3n) is 5.45. The first-order chi connectivity index (χ1) is 18.3. The van der Waals surface area contributed by atoms with Gasteiger partial charge in [-0.2, -0.15) is 0 Å². The van der Waals surface area contributed by atoms with Gasteiger partial charge >= 0.3 is 0 Å². The van der Waals surface area contributed by atoms with Crippen LogP contribution < -0.4 is 31.0 Å². The van der Waals surface area contributed by atoms with Crippen LogP contribution in [0.2, 0.25) is 0 Å². The van der Waals surface area contributed by atoms with Gasteiger partial charge in [0.05, 0.1) is 18.4 Å². The van der Waals surface area contributed by atoms with Gasteiger partial charge in [-0.05, 0) is 54.4 Å². The summed E-state index contributed by atoms with van der Waals surface area (Å²) < 4.78 is 10.5. The predicted octanol–water partition coefficient (Wildman–Crippen LogP) is 2.93. The van der Waals surface area contributed by atoms with Gasteiger partial charge in [0, 0.05) is 5.56 Å². The van der Waals surface area contributed by atoms with Crippen molar-refractivity contribution < 1.29 is 28.7 Å². The molecule has 1 unspecified atom stereocenters. The molecule has 3 aromatic rings. The molecule has 0 radical (unpaired) electrons. The van der Waals surface area contributed by atoms with E-state index in [0.29, 0.717) is 17.1 Å². The summed E-state index contributed by atoms with van der Waals surface area (Å²) in [4.78, 5) is 50.7. The largest absolute Gasteiger partial charge is 0.497 e. The molecule has 0 spiro atoms. The smallest absolute Gasteiger partial charge is 0.276 e. The van der Waals surface area contributed by atoms with Gasteiger partial charge in [-0.3, -0.25) is 30.0 Å². The highest BCUT2D eigenvalue weighted by molar-refractivity contribution is 6.09. The van der Waals surface area contributed by atoms with Crippen LogP contribution in [0.4, 0.5) is 5.69 Å². The highest BCUT2D eigenvalue weighted by Crippen LogP contribution is 2.18. The third kappa shape index (κ3) is 7.82. The number of amides is 4. The van der Waals surface area contributed by atoms with Crippen molar-refractivity contribution in [3.63, 3.8) is 0 Å². The van der Waals surface area contributed by atoms with E-state index < -0.39 is 29.7 Å². The molecule has 0 saturated carbocycles. The molecule has 3 aromatic carbocycles.